The fourth-order valence-corrected chi connectivity index (χ4v) is 3.12. The monoisotopic (exact) mass is 257 g/mol. The maximum atomic E-state index is 9.14. The van der Waals surface area contributed by atoms with E-state index in [4.69, 9.17) is 5.11 Å². The van der Waals surface area contributed by atoms with Crippen LogP contribution in [0.3, 0.4) is 0 Å². The number of benzene rings is 1. The van der Waals surface area contributed by atoms with Crippen LogP contribution in [0.2, 0.25) is 0 Å². The van der Waals surface area contributed by atoms with Gasteiger partial charge in [0.1, 0.15) is 5.76 Å². The zero-order chi connectivity index (χ0) is 13.8. The minimum absolute atomic E-state index is 0.103. The Labute approximate surface area is 115 Å². The summed E-state index contributed by atoms with van der Waals surface area (Å²) in [6, 6.07) is 8.78. The lowest BCUT2D eigenvalue weighted by molar-refractivity contribution is 0.423. The van der Waals surface area contributed by atoms with Gasteiger partial charge in [-0.2, -0.15) is 0 Å². The Hall–Kier alpha value is -1.70. The Morgan fingerprint density at radius 3 is 2.89 bits per heavy atom. The van der Waals surface area contributed by atoms with Crippen molar-refractivity contribution in [2.75, 3.05) is 6.54 Å². The van der Waals surface area contributed by atoms with E-state index in [-0.39, 0.29) is 5.76 Å². The van der Waals surface area contributed by atoms with Gasteiger partial charge >= 0.3 is 0 Å². The van der Waals surface area contributed by atoms with Crippen LogP contribution in [0.4, 0.5) is 0 Å². The van der Waals surface area contributed by atoms with Crippen molar-refractivity contribution in [2.45, 2.75) is 32.6 Å². The van der Waals surface area contributed by atoms with E-state index >= 15 is 0 Å². The average Bonchev–Trinajstić information content (AvgIpc) is 2.73. The van der Waals surface area contributed by atoms with Gasteiger partial charge in [-0.3, -0.25) is 0 Å². The van der Waals surface area contributed by atoms with Gasteiger partial charge in [0, 0.05) is 12.2 Å². The molecular weight excluding hydrogens is 234 g/mol. The second kappa shape index (κ2) is 5.96. The summed E-state index contributed by atoms with van der Waals surface area (Å²) in [5.41, 5.74) is 3.98. The molecule has 2 rings (SSSR count). The van der Waals surface area contributed by atoms with Crippen LogP contribution in [-0.2, 0) is 6.42 Å². The molecule has 1 aliphatic carbocycles. The van der Waals surface area contributed by atoms with Crippen LogP contribution < -0.4 is 5.32 Å². The number of allylic oxidation sites excluding steroid dienone is 2. The second-order valence-electron chi connectivity index (χ2n) is 5.38. The maximum absolute atomic E-state index is 9.14. The second-order valence-corrected chi connectivity index (χ2v) is 5.38. The maximum Gasteiger partial charge on any atom is 0.110 e. The van der Waals surface area contributed by atoms with Gasteiger partial charge < -0.3 is 10.4 Å². The van der Waals surface area contributed by atoms with Crippen LogP contribution in [-0.4, -0.2) is 11.7 Å². The SMILES string of the molecule is C=C(O)/C=C(\C)NC[C@@H]1Cc2ccccc2C1CC. The number of hydrogen-bond acceptors (Lipinski definition) is 2. The van der Waals surface area contributed by atoms with Crippen molar-refractivity contribution in [2.24, 2.45) is 5.92 Å². The number of nitrogens with one attached hydrogen (secondary N) is 1. The van der Waals surface area contributed by atoms with E-state index in [2.05, 4.69) is 43.1 Å². The molecule has 2 atom stereocenters. The molecule has 0 radical (unpaired) electrons. The lowest BCUT2D eigenvalue weighted by atomic mass is 9.90. The summed E-state index contributed by atoms with van der Waals surface area (Å²) in [4.78, 5) is 0. The number of hydrogen-bond donors (Lipinski definition) is 2. The predicted molar refractivity (Wildman–Crippen MR) is 80.2 cm³/mol. The fourth-order valence-electron chi connectivity index (χ4n) is 3.12. The molecule has 0 fully saturated rings. The van der Waals surface area contributed by atoms with Crippen LogP contribution in [0.25, 0.3) is 0 Å². The largest absolute Gasteiger partial charge is 0.509 e. The van der Waals surface area contributed by atoms with E-state index in [1.54, 1.807) is 6.08 Å². The molecule has 2 N–H and O–H groups in total. The van der Waals surface area contributed by atoms with E-state index in [0.29, 0.717) is 11.8 Å². The Bertz CT molecular complexity index is 490. The molecule has 102 valence electrons. The van der Waals surface area contributed by atoms with Crippen molar-refractivity contribution in [3.8, 4) is 0 Å². The van der Waals surface area contributed by atoms with E-state index < -0.39 is 0 Å². The van der Waals surface area contributed by atoms with E-state index in [1.165, 1.54) is 17.5 Å². The van der Waals surface area contributed by atoms with Crippen LogP contribution >= 0.6 is 0 Å². The molecule has 2 heteroatoms. The van der Waals surface area contributed by atoms with E-state index in [1.807, 2.05) is 6.92 Å². The summed E-state index contributed by atoms with van der Waals surface area (Å²) < 4.78 is 0. The highest BCUT2D eigenvalue weighted by atomic mass is 16.3. The first-order chi connectivity index (χ1) is 9.11. The van der Waals surface area contributed by atoms with Crippen molar-refractivity contribution in [1.82, 2.24) is 5.32 Å². The summed E-state index contributed by atoms with van der Waals surface area (Å²) in [6.07, 6.45) is 4.00. The van der Waals surface area contributed by atoms with Crippen LogP contribution in [0, 0.1) is 5.92 Å². The molecule has 1 aromatic rings. The summed E-state index contributed by atoms with van der Waals surface area (Å²) in [5, 5.41) is 12.5. The average molecular weight is 257 g/mol. The van der Waals surface area contributed by atoms with E-state index in [9.17, 15) is 0 Å². The quantitative estimate of drug-likeness (QED) is 0.619. The molecule has 1 aromatic carbocycles. The molecule has 1 aliphatic rings. The van der Waals surface area contributed by atoms with Gasteiger partial charge in [0.2, 0.25) is 0 Å². The summed E-state index contributed by atoms with van der Waals surface area (Å²) in [5.74, 6) is 1.39. The topological polar surface area (TPSA) is 32.3 Å². The molecule has 0 aromatic heterocycles. The number of rotatable bonds is 5. The highest BCUT2D eigenvalue weighted by molar-refractivity contribution is 5.36. The molecule has 0 bridgehead atoms. The Morgan fingerprint density at radius 1 is 1.47 bits per heavy atom. The minimum atomic E-state index is 0.103. The molecule has 0 amide bonds. The summed E-state index contributed by atoms with van der Waals surface area (Å²) in [6.45, 7) is 8.65. The number of fused-ring (bicyclic) bond motifs is 1. The Kier molecular flexibility index (Phi) is 4.31. The van der Waals surface area contributed by atoms with Crippen LogP contribution in [0.5, 0.6) is 0 Å². The smallest absolute Gasteiger partial charge is 0.110 e. The number of aliphatic hydroxyl groups excluding tert-OH is 1. The van der Waals surface area contributed by atoms with E-state index in [0.717, 1.165) is 18.7 Å². The van der Waals surface area contributed by atoms with Gasteiger partial charge in [0.25, 0.3) is 0 Å². The summed E-state index contributed by atoms with van der Waals surface area (Å²) in [7, 11) is 0. The first-order valence-electron chi connectivity index (χ1n) is 6.99. The van der Waals surface area contributed by atoms with Crippen molar-refractivity contribution >= 4 is 0 Å². The molecule has 0 saturated heterocycles. The van der Waals surface area contributed by atoms with Gasteiger partial charge in [-0.1, -0.05) is 37.8 Å². The Morgan fingerprint density at radius 2 is 2.21 bits per heavy atom. The first kappa shape index (κ1) is 13.7. The van der Waals surface area contributed by atoms with Gasteiger partial charge in [0.05, 0.1) is 0 Å². The zero-order valence-corrected chi connectivity index (χ0v) is 11.8. The van der Waals surface area contributed by atoms with Crippen molar-refractivity contribution in [3.05, 3.63) is 59.5 Å². The molecule has 2 nitrogen and oxygen atoms in total. The molecule has 0 saturated carbocycles. The Balaban J connectivity index is 2.02. The normalized spacial score (nSPS) is 22.1. The molecule has 0 aliphatic heterocycles. The van der Waals surface area contributed by atoms with Crippen LogP contribution in [0.15, 0.2) is 48.4 Å². The lowest BCUT2D eigenvalue weighted by Gasteiger charge is -2.20. The third kappa shape index (κ3) is 3.19. The fraction of sp³-hybridized carbons (Fsp3) is 0.412. The standard InChI is InChI=1S/C17H23NO/c1-4-16-15(11-18-12(2)9-13(3)19)10-14-7-5-6-8-17(14)16/h5-9,15-16,18-19H,3-4,10-11H2,1-2H3/b12-9+/t15-,16?/m0/s1. The van der Waals surface area contributed by atoms with Gasteiger partial charge in [-0.15, -0.1) is 0 Å². The van der Waals surface area contributed by atoms with Crippen molar-refractivity contribution < 1.29 is 5.11 Å². The minimum Gasteiger partial charge on any atom is -0.509 e. The molecule has 19 heavy (non-hydrogen) atoms. The molecule has 1 unspecified atom stereocenters. The first-order valence-corrected chi connectivity index (χ1v) is 6.99. The summed E-state index contributed by atoms with van der Waals surface area (Å²) >= 11 is 0. The third-order valence-electron chi connectivity index (χ3n) is 3.97. The third-order valence-corrected chi connectivity index (χ3v) is 3.97. The van der Waals surface area contributed by atoms with Gasteiger partial charge in [-0.05, 0) is 48.8 Å². The van der Waals surface area contributed by atoms with Crippen molar-refractivity contribution in [3.63, 3.8) is 0 Å². The van der Waals surface area contributed by atoms with Crippen LogP contribution in [0.1, 0.15) is 37.3 Å². The highest BCUT2D eigenvalue weighted by Gasteiger charge is 2.30. The van der Waals surface area contributed by atoms with Crippen molar-refractivity contribution in [1.29, 1.82) is 0 Å². The molecule has 0 spiro atoms. The molecule has 0 heterocycles. The van der Waals surface area contributed by atoms with Gasteiger partial charge in [-0.25, -0.2) is 0 Å². The zero-order valence-electron chi connectivity index (χ0n) is 11.8. The predicted octanol–water partition coefficient (Wildman–Crippen LogP) is 3.92. The highest BCUT2D eigenvalue weighted by Crippen LogP contribution is 2.39. The molecular formula is C17H23NO. The number of aliphatic hydroxyl groups is 1. The van der Waals surface area contributed by atoms with Gasteiger partial charge in [0.15, 0.2) is 0 Å². The lowest BCUT2D eigenvalue weighted by Crippen LogP contribution is -2.24.